The van der Waals surface area contributed by atoms with Crippen LogP contribution in [0.4, 0.5) is 17.2 Å². The molecule has 1 saturated carbocycles. The summed E-state index contributed by atoms with van der Waals surface area (Å²) in [4.78, 5) is 59.5. The van der Waals surface area contributed by atoms with Crippen molar-refractivity contribution in [3.8, 4) is 28.4 Å². The maximum absolute atomic E-state index is 13.7. The van der Waals surface area contributed by atoms with Crippen LogP contribution < -0.4 is 25.6 Å². The van der Waals surface area contributed by atoms with E-state index in [-0.39, 0.29) is 54.4 Å². The highest BCUT2D eigenvalue weighted by molar-refractivity contribution is 6.02. The summed E-state index contributed by atoms with van der Waals surface area (Å²) in [5.74, 6) is 0.0991. The van der Waals surface area contributed by atoms with E-state index in [1.165, 1.54) is 0 Å². The van der Waals surface area contributed by atoms with Gasteiger partial charge in [0.05, 0.1) is 49.6 Å². The first-order chi connectivity index (χ1) is 28.1. The number of para-hydroxylation sites is 2. The molecule has 58 heavy (non-hydrogen) atoms. The summed E-state index contributed by atoms with van der Waals surface area (Å²) in [6, 6.07) is 13.9. The number of aromatic hydroxyl groups is 1. The third-order valence-corrected chi connectivity index (χ3v) is 12.0. The number of carbonyl (C=O) groups is 4. The van der Waals surface area contributed by atoms with Crippen LogP contribution in [0.5, 0.6) is 11.5 Å². The van der Waals surface area contributed by atoms with E-state index in [0.717, 1.165) is 54.1 Å². The second-order valence-electron chi connectivity index (χ2n) is 15.3. The highest BCUT2D eigenvalue weighted by Gasteiger charge is 2.41. The summed E-state index contributed by atoms with van der Waals surface area (Å²) in [5, 5.41) is 24.8. The zero-order valence-corrected chi connectivity index (χ0v) is 32.7. The number of quaternary nitrogens is 1. The largest absolute Gasteiger partial charge is 0.507 e. The number of anilines is 3. The smallest absolute Gasteiger partial charge is 0.366 e. The number of piperidine rings is 1. The maximum atomic E-state index is 13.7. The highest BCUT2D eigenvalue weighted by Crippen LogP contribution is 2.45. The van der Waals surface area contributed by atoms with E-state index in [9.17, 15) is 24.3 Å². The number of imide groups is 1. The Kier molecular flexibility index (Phi) is 11.0. The first-order valence-corrected chi connectivity index (χ1v) is 19.9. The molecule has 17 heteroatoms. The van der Waals surface area contributed by atoms with Gasteiger partial charge in [-0.3, -0.25) is 19.3 Å². The molecule has 2 saturated heterocycles. The molecule has 17 nitrogen and oxygen atoms in total. The number of likely N-dealkylation sites (N-methyl/N-ethyl adjacent to an activating group) is 1. The van der Waals surface area contributed by atoms with Gasteiger partial charge in [-0.2, -0.15) is 5.10 Å². The third-order valence-electron chi connectivity index (χ3n) is 12.0. The van der Waals surface area contributed by atoms with E-state index in [1.54, 1.807) is 71.6 Å². The van der Waals surface area contributed by atoms with Crippen LogP contribution in [-0.2, 0) is 23.9 Å². The molecule has 0 bridgehead atoms. The topological polar surface area (TPSA) is 206 Å². The first-order valence-electron chi connectivity index (χ1n) is 19.9. The summed E-state index contributed by atoms with van der Waals surface area (Å²) in [6.07, 6.45) is 7.69. The minimum Gasteiger partial charge on any atom is -0.507 e. The predicted octanol–water partition coefficient (Wildman–Crippen LogP) is 1.79. The van der Waals surface area contributed by atoms with Gasteiger partial charge in [0.15, 0.2) is 18.6 Å². The van der Waals surface area contributed by atoms with Crippen LogP contribution in [0.15, 0.2) is 60.9 Å². The number of rotatable bonds is 10. The molecule has 0 spiro atoms. The summed E-state index contributed by atoms with van der Waals surface area (Å²) < 4.78 is 13.2. The molecule has 3 amide bonds. The van der Waals surface area contributed by atoms with Crippen molar-refractivity contribution in [3.63, 3.8) is 0 Å². The number of ether oxygens (including phenoxy) is 2. The van der Waals surface area contributed by atoms with Gasteiger partial charge in [-0.1, -0.05) is 24.3 Å². The first kappa shape index (κ1) is 38.8. The van der Waals surface area contributed by atoms with Crippen molar-refractivity contribution in [1.29, 1.82) is 0 Å². The quantitative estimate of drug-likeness (QED) is 0.155. The average Bonchev–Trinajstić information content (AvgIpc) is 3.73. The zero-order chi connectivity index (χ0) is 40.5. The van der Waals surface area contributed by atoms with Crippen molar-refractivity contribution in [3.05, 3.63) is 66.5 Å². The normalized spacial score (nSPS) is 22.1. The number of esters is 1. The van der Waals surface area contributed by atoms with Gasteiger partial charge in [0.2, 0.25) is 11.8 Å². The standard InChI is InChI=1S/C41H48N10O7/c1-25(43-2)41(56)58-24-50-36(53)15-14-33(40(50)55)49-18-19-57-38-29(7-5-8-32(38)49)26-10-12-27(13-11-26)47-16-17-48(37(54)23-47)28-21-44-51(22-28)34-20-31(45-46-39(34)42)30-6-3-4-9-35(30)52/h3-9,20-22,25-27,33,43,52H,10-19,23-24H2,1-2H3,(H2,42,46)/p+1. The molecule has 5 heterocycles. The Balaban J connectivity index is 0.887. The Morgan fingerprint density at radius 1 is 1.00 bits per heavy atom. The number of likely N-dealkylation sites (tertiary alicyclic amines) is 1. The second-order valence-corrected chi connectivity index (χ2v) is 15.3. The number of benzene rings is 2. The maximum Gasteiger partial charge on any atom is 0.366 e. The van der Waals surface area contributed by atoms with Crippen molar-refractivity contribution < 1.29 is 39.1 Å². The lowest BCUT2D eigenvalue weighted by atomic mass is 9.80. The Morgan fingerprint density at radius 2 is 1.81 bits per heavy atom. The van der Waals surface area contributed by atoms with Crippen molar-refractivity contribution in [2.75, 3.05) is 62.1 Å². The molecule has 0 radical (unpaired) electrons. The number of carbonyl (C=O) groups excluding carboxylic acids is 4. The minimum absolute atomic E-state index is 0.000949. The molecule has 8 rings (SSSR count). The van der Waals surface area contributed by atoms with Gasteiger partial charge in [-0.05, 0) is 74.8 Å². The monoisotopic (exact) mass is 793 g/mol. The molecule has 2 atom stereocenters. The lowest BCUT2D eigenvalue weighted by molar-refractivity contribution is -0.648. The van der Waals surface area contributed by atoms with Crippen molar-refractivity contribution in [1.82, 2.24) is 29.8 Å². The average molecular weight is 794 g/mol. The van der Waals surface area contributed by atoms with Gasteiger partial charge in [0, 0.05) is 31.1 Å². The number of fused-ring (bicyclic) bond motifs is 1. The molecule has 1 aliphatic carbocycles. The predicted molar refractivity (Wildman–Crippen MR) is 212 cm³/mol. The number of nitrogens with zero attached hydrogens (tertiary/aromatic N) is 8. The number of phenolic OH excluding ortho intramolecular Hbond substituents is 1. The molecule has 3 fully saturated rings. The highest BCUT2D eigenvalue weighted by atomic mass is 16.5. The fourth-order valence-corrected chi connectivity index (χ4v) is 8.59. The number of piperazine rings is 1. The lowest BCUT2D eigenvalue weighted by Gasteiger charge is -2.43. The van der Waals surface area contributed by atoms with E-state index < -0.39 is 18.1 Å². The van der Waals surface area contributed by atoms with Crippen LogP contribution in [-0.4, -0.2) is 123 Å². The van der Waals surface area contributed by atoms with E-state index in [0.29, 0.717) is 55.3 Å². The number of hydrogen-bond donors (Lipinski definition) is 3. The number of hydrogen-bond acceptors (Lipinski definition) is 13. The second kappa shape index (κ2) is 16.4. The minimum atomic E-state index is -0.570. The van der Waals surface area contributed by atoms with Gasteiger partial charge in [-0.15, -0.1) is 10.2 Å². The van der Waals surface area contributed by atoms with Gasteiger partial charge in [0.25, 0.3) is 5.91 Å². The molecular formula is C41H49N10O7+. The molecule has 304 valence electrons. The number of amides is 3. The van der Waals surface area contributed by atoms with E-state index >= 15 is 0 Å². The van der Waals surface area contributed by atoms with Gasteiger partial charge in [0.1, 0.15) is 29.8 Å². The van der Waals surface area contributed by atoms with Crippen LogP contribution in [0, 0.1) is 0 Å². The Bertz CT molecular complexity index is 2200. The molecule has 2 aromatic carbocycles. The Morgan fingerprint density at radius 3 is 2.59 bits per heavy atom. The van der Waals surface area contributed by atoms with Crippen molar-refractivity contribution >= 4 is 40.9 Å². The van der Waals surface area contributed by atoms with Crippen molar-refractivity contribution in [2.24, 2.45) is 0 Å². The number of nitrogens with two attached hydrogens (primary N) is 2. The number of phenols is 1. The van der Waals surface area contributed by atoms with Crippen LogP contribution in [0.25, 0.3) is 16.9 Å². The molecule has 4 aliphatic rings. The van der Waals surface area contributed by atoms with Crippen molar-refractivity contribution in [2.45, 2.75) is 69.5 Å². The van der Waals surface area contributed by atoms with Crippen LogP contribution in [0.1, 0.15) is 56.9 Å². The summed E-state index contributed by atoms with van der Waals surface area (Å²) in [5.41, 5.74) is 10.3. The van der Waals surface area contributed by atoms with Crippen LogP contribution in [0.3, 0.4) is 0 Å². The molecule has 2 aromatic heterocycles. The third kappa shape index (κ3) is 7.54. The Labute approximate surface area is 335 Å². The lowest BCUT2D eigenvalue weighted by Crippen LogP contribution is -2.87. The van der Waals surface area contributed by atoms with Gasteiger partial charge < -0.3 is 35.4 Å². The SMILES string of the molecule is C[NH2+]C(C)C(=O)OCN1C(=O)CCC(N2CCOc3c(C4CCC(N5CCN(c6cnn(-c7cc(-c8ccccc8O)nnc7N)c6)C(=O)C5)CC4)cccc32)C1=O. The van der Waals surface area contributed by atoms with E-state index in [1.807, 2.05) is 17.0 Å². The Hall–Kier alpha value is -6.07. The fraction of sp³-hybridized carbons (Fsp3) is 0.439. The summed E-state index contributed by atoms with van der Waals surface area (Å²) in [6.45, 7) is 3.78. The van der Waals surface area contributed by atoms with Gasteiger partial charge >= 0.3 is 5.97 Å². The molecule has 2 unspecified atom stereocenters. The fourth-order valence-electron chi connectivity index (χ4n) is 8.59. The molecule has 5 N–H and O–H groups in total. The zero-order valence-electron chi connectivity index (χ0n) is 32.7. The van der Waals surface area contributed by atoms with Crippen LogP contribution >= 0.6 is 0 Å². The number of nitrogen functional groups attached to an aromatic ring is 1. The molecule has 4 aromatic rings. The van der Waals surface area contributed by atoms with Gasteiger partial charge in [-0.25, -0.2) is 14.4 Å². The molecular weight excluding hydrogens is 745 g/mol. The molecule has 3 aliphatic heterocycles. The summed E-state index contributed by atoms with van der Waals surface area (Å²) in [7, 11) is 1.76. The van der Waals surface area contributed by atoms with Crippen LogP contribution in [0.2, 0.25) is 0 Å². The number of aromatic nitrogens is 4. The van der Waals surface area contributed by atoms with E-state index in [2.05, 4.69) is 26.3 Å². The van der Waals surface area contributed by atoms with E-state index in [4.69, 9.17) is 15.2 Å². The summed E-state index contributed by atoms with van der Waals surface area (Å²) >= 11 is 0.